The summed E-state index contributed by atoms with van der Waals surface area (Å²) in [5.74, 6) is -1.74. The SMILES string of the molecule is N#CC1CN(C(=O)c2c(F)ccc([N+](=O)[O-])c2N)CCO1. The lowest BCUT2D eigenvalue weighted by Crippen LogP contribution is -2.45. The van der Waals surface area contributed by atoms with Crippen LogP contribution in [0.15, 0.2) is 12.1 Å². The van der Waals surface area contributed by atoms with Gasteiger partial charge in [0.05, 0.1) is 24.1 Å². The van der Waals surface area contributed by atoms with Crippen molar-refractivity contribution >= 4 is 17.3 Å². The van der Waals surface area contributed by atoms with Crippen LogP contribution in [0.2, 0.25) is 0 Å². The molecule has 1 atom stereocenters. The van der Waals surface area contributed by atoms with E-state index in [2.05, 4.69) is 0 Å². The molecule has 1 heterocycles. The van der Waals surface area contributed by atoms with Crippen LogP contribution in [0.5, 0.6) is 0 Å². The Morgan fingerprint density at radius 3 is 2.95 bits per heavy atom. The molecule has 9 heteroatoms. The van der Waals surface area contributed by atoms with E-state index in [9.17, 15) is 19.3 Å². The summed E-state index contributed by atoms with van der Waals surface area (Å²) in [6, 6.07) is 3.57. The Balaban J connectivity index is 2.37. The molecule has 1 aromatic rings. The topological polar surface area (TPSA) is 122 Å². The van der Waals surface area contributed by atoms with E-state index in [1.165, 1.54) is 4.90 Å². The van der Waals surface area contributed by atoms with Crippen LogP contribution in [0, 0.1) is 27.3 Å². The highest BCUT2D eigenvalue weighted by Crippen LogP contribution is 2.28. The van der Waals surface area contributed by atoms with Crippen molar-refractivity contribution < 1.29 is 18.8 Å². The normalized spacial score (nSPS) is 18.1. The van der Waals surface area contributed by atoms with E-state index in [0.29, 0.717) is 0 Å². The van der Waals surface area contributed by atoms with Crippen LogP contribution in [-0.2, 0) is 4.74 Å². The predicted octanol–water partition coefficient (Wildman–Crippen LogP) is 0.681. The van der Waals surface area contributed by atoms with Crippen molar-refractivity contribution in [1.82, 2.24) is 4.90 Å². The van der Waals surface area contributed by atoms with E-state index in [1.807, 2.05) is 6.07 Å². The smallest absolute Gasteiger partial charge is 0.293 e. The maximum Gasteiger partial charge on any atom is 0.293 e. The Morgan fingerprint density at radius 2 is 2.33 bits per heavy atom. The molecular formula is C12H11FN4O4. The lowest BCUT2D eigenvalue weighted by atomic mass is 10.1. The summed E-state index contributed by atoms with van der Waals surface area (Å²) >= 11 is 0. The van der Waals surface area contributed by atoms with E-state index < -0.39 is 39.7 Å². The van der Waals surface area contributed by atoms with Gasteiger partial charge in [0.25, 0.3) is 11.6 Å². The first-order valence-corrected chi connectivity index (χ1v) is 5.98. The molecule has 1 fully saturated rings. The van der Waals surface area contributed by atoms with Crippen molar-refractivity contribution in [2.45, 2.75) is 6.10 Å². The van der Waals surface area contributed by atoms with Gasteiger partial charge in [-0.15, -0.1) is 0 Å². The quantitative estimate of drug-likeness (QED) is 0.486. The molecule has 1 amide bonds. The first kappa shape index (κ1) is 14.7. The molecule has 2 rings (SSSR count). The molecule has 2 N–H and O–H groups in total. The second-order valence-corrected chi connectivity index (χ2v) is 4.35. The van der Waals surface area contributed by atoms with Gasteiger partial charge in [-0.1, -0.05) is 0 Å². The third-order valence-electron chi connectivity index (χ3n) is 3.08. The molecule has 0 radical (unpaired) electrons. The van der Waals surface area contributed by atoms with E-state index in [1.54, 1.807) is 0 Å². The number of nitrogens with two attached hydrogens (primary N) is 1. The van der Waals surface area contributed by atoms with Crippen LogP contribution in [0.25, 0.3) is 0 Å². The van der Waals surface area contributed by atoms with Gasteiger partial charge >= 0.3 is 0 Å². The van der Waals surface area contributed by atoms with Crippen molar-refractivity contribution in [2.75, 3.05) is 25.4 Å². The van der Waals surface area contributed by atoms with E-state index in [-0.39, 0.29) is 19.7 Å². The maximum atomic E-state index is 13.8. The number of hydrogen-bond donors (Lipinski definition) is 1. The minimum Gasteiger partial charge on any atom is -0.392 e. The van der Waals surface area contributed by atoms with Gasteiger partial charge in [-0.05, 0) is 6.07 Å². The lowest BCUT2D eigenvalue weighted by molar-refractivity contribution is -0.384. The van der Waals surface area contributed by atoms with Gasteiger partial charge < -0.3 is 15.4 Å². The van der Waals surface area contributed by atoms with Crippen molar-refractivity contribution in [2.24, 2.45) is 0 Å². The summed E-state index contributed by atoms with van der Waals surface area (Å²) in [7, 11) is 0. The zero-order valence-corrected chi connectivity index (χ0v) is 10.8. The van der Waals surface area contributed by atoms with Crippen LogP contribution in [0.4, 0.5) is 15.8 Å². The number of hydrogen-bond acceptors (Lipinski definition) is 6. The zero-order chi connectivity index (χ0) is 15.6. The van der Waals surface area contributed by atoms with Crippen LogP contribution < -0.4 is 5.73 Å². The van der Waals surface area contributed by atoms with Crippen LogP contribution in [0.1, 0.15) is 10.4 Å². The Labute approximate surface area is 118 Å². The summed E-state index contributed by atoms with van der Waals surface area (Å²) in [5, 5.41) is 19.6. The summed E-state index contributed by atoms with van der Waals surface area (Å²) in [4.78, 5) is 23.5. The number of morpholine rings is 1. The van der Waals surface area contributed by atoms with Crippen molar-refractivity contribution in [3.63, 3.8) is 0 Å². The molecule has 0 aromatic heterocycles. The summed E-state index contributed by atoms with van der Waals surface area (Å²) in [5.41, 5.74) is 3.92. The standard InChI is InChI=1S/C12H11FN4O4/c13-8-1-2-9(17(19)20)11(15)10(8)12(18)16-3-4-21-7(5-14)6-16/h1-2,7H,3-4,6,15H2. The number of carbonyl (C=O) groups is 1. The van der Waals surface area contributed by atoms with Gasteiger partial charge in [0.1, 0.15) is 17.1 Å². The predicted molar refractivity (Wildman–Crippen MR) is 68.7 cm³/mol. The van der Waals surface area contributed by atoms with Gasteiger partial charge in [0.15, 0.2) is 6.10 Å². The number of nitriles is 1. The molecule has 1 aliphatic rings. The molecule has 1 unspecified atom stereocenters. The van der Waals surface area contributed by atoms with Crippen molar-refractivity contribution in [3.05, 3.63) is 33.6 Å². The number of carbonyl (C=O) groups excluding carboxylic acids is 1. The van der Waals surface area contributed by atoms with Gasteiger partial charge in [-0.25, -0.2) is 4.39 Å². The number of anilines is 1. The number of nitrogen functional groups attached to an aromatic ring is 1. The second-order valence-electron chi connectivity index (χ2n) is 4.35. The van der Waals surface area contributed by atoms with Crippen molar-refractivity contribution in [3.8, 4) is 6.07 Å². The Bertz CT molecular complexity index is 643. The Morgan fingerprint density at radius 1 is 1.62 bits per heavy atom. The molecule has 0 bridgehead atoms. The van der Waals surface area contributed by atoms with Gasteiger partial charge in [-0.2, -0.15) is 5.26 Å². The monoisotopic (exact) mass is 294 g/mol. The number of nitro benzene ring substituents is 1. The van der Waals surface area contributed by atoms with Crippen LogP contribution in [-0.4, -0.2) is 41.5 Å². The van der Waals surface area contributed by atoms with Gasteiger partial charge in [0.2, 0.25) is 0 Å². The van der Waals surface area contributed by atoms with Crippen molar-refractivity contribution in [1.29, 1.82) is 5.26 Å². The average molecular weight is 294 g/mol. The van der Waals surface area contributed by atoms with E-state index in [4.69, 9.17) is 15.7 Å². The fourth-order valence-electron chi connectivity index (χ4n) is 2.03. The molecule has 110 valence electrons. The molecule has 1 aromatic carbocycles. The average Bonchev–Trinajstić information content (AvgIpc) is 2.46. The highest BCUT2D eigenvalue weighted by molar-refractivity contribution is 6.01. The fourth-order valence-corrected chi connectivity index (χ4v) is 2.03. The third kappa shape index (κ3) is 2.75. The van der Waals surface area contributed by atoms with Gasteiger partial charge in [0, 0.05) is 12.6 Å². The number of nitrogens with zero attached hydrogens (tertiary/aromatic N) is 3. The number of nitro groups is 1. The minimum atomic E-state index is -0.942. The number of ether oxygens (including phenoxy) is 1. The molecule has 1 saturated heterocycles. The molecule has 1 aliphatic heterocycles. The number of benzene rings is 1. The summed E-state index contributed by atoms with van der Waals surface area (Å²) < 4.78 is 18.9. The first-order valence-electron chi connectivity index (χ1n) is 5.98. The number of halogens is 1. The summed E-state index contributed by atoms with van der Waals surface area (Å²) in [6.45, 7) is 0.232. The molecular weight excluding hydrogens is 283 g/mol. The Hall–Kier alpha value is -2.73. The largest absolute Gasteiger partial charge is 0.392 e. The van der Waals surface area contributed by atoms with E-state index in [0.717, 1.165) is 12.1 Å². The summed E-state index contributed by atoms with van der Waals surface area (Å²) in [6.07, 6.45) is -0.814. The van der Waals surface area contributed by atoms with E-state index >= 15 is 0 Å². The Kier molecular flexibility index (Phi) is 4.00. The highest BCUT2D eigenvalue weighted by atomic mass is 19.1. The lowest BCUT2D eigenvalue weighted by Gasteiger charge is -2.30. The second kappa shape index (κ2) is 5.72. The highest BCUT2D eigenvalue weighted by Gasteiger charge is 2.30. The van der Waals surface area contributed by atoms with Gasteiger partial charge in [-0.3, -0.25) is 14.9 Å². The fraction of sp³-hybridized carbons (Fsp3) is 0.333. The minimum absolute atomic E-state index is 0.0447. The molecule has 8 nitrogen and oxygen atoms in total. The zero-order valence-electron chi connectivity index (χ0n) is 10.8. The maximum absolute atomic E-state index is 13.8. The molecule has 0 spiro atoms. The number of rotatable bonds is 2. The van der Waals surface area contributed by atoms with Crippen LogP contribution in [0.3, 0.4) is 0 Å². The van der Waals surface area contributed by atoms with Crippen LogP contribution >= 0.6 is 0 Å². The molecule has 21 heavy (non-hydrogen) atoms. The molecule has 0 aliphatic carbocycles. The first-order chi connectivity index (χ1) is 9.95. The molecule has 0 saturated carbocycles. The third-order valence-corrected chi connectivity index (χ3v) is 3.08. The number of amides is 1.